The van der Waals surface area contributed by atoms with Crippen molar-refractivity contribution in [2.75, 3.05) is 32.8 Å². The van der Waals surface area contributed by atoms with Crippen LogP contribution in [0.4, 0.5) is 0 Å². The number of hydrogen-bond donors (Lipinski definition) is 1. The summed E-state index contributed by atoms with van der Waals surface area (Å²) in [6.07, 6.45) is 0.955. The van der Waals surface area contributed by atoms with E-state index in [2.05, 4.69) is 22.2 Å². The highest BCUT2D eigenvalue weighted by Crippen LogP contribution is 2.09. The van der Waals surface area contributed by atoms with Crippen LogP contribution >= 0.6 is 0 Å². The van der Waals surface area contributed by atoms with Gasteiger partial charge in [0.1, 0.15) is 0 Å². The Bertz CT molecular complexity index is 528. The Morgan fingerprint density at radius 1 is 1.55 bits per heavy atom. The molecule has 1 saturated heterocycles. The van der Waals surface area contributed by atoms with Crippen LogP contribution in [0.5, 0.6) is 0 Å². The van der Waals surface area contributed by atoms with Crippen LogP contribution in [0.2, 0.25) is 0 Å². The quantitative estimate of drug-likeness (QED) is 0.816. The summed E-state index contributed by atoms with van der Waals surface area (Å²) in [4.78, 5) is 14.5. The molecule has 1 aromatic rings. The van der Waals surface area contributed by atoms with E-state index in [1.54, 1.807) is 10.7 Å². The fraction of sp³-hybridized carbons (Fsp3) is 0.714. The molecule has 0 aliphatic carbocycles. The predicted molar refractivity (Wildman–Crippen MR) is 75.8 cm³/mol. The molecule has 3 heterocycles. The molecule has 0 aromatic carbocycles. The third kappa shape index (κ3) is 2.92. The molecule has 20 heavy (non-hydrogen) atoms. The third-order valence-electron chi connectivity index (χ3n) is 4.06. The first kappa shape index (κ1) is 13.7. The molecular weight excluding hydrogens is 256 g/mol. The maximum absolute atomic E-state index is 12.1. The number of morpholine rings is 1. The monoisotopic (exact) mass is 278 g/mol. The van der Waals surface area contributed by atoms with Gasteiger partial charge in [-0.1, -0.05) is 6.92 Å². The fourth-order valence-electron chi connectivity index (χ4n) is 2.86. The van der Waals surface area contributed by atoms with E-state index in [-0.39, 0.29) is 11.7 Å². The number of ether oxygens (including phenoxy) is 1. The highest BCUT2D eigenvalue weighted by atomic mass is 16.5. The molecule has 3 rings (SSSR count). The van der Waals surface area contributed by atoms with Gasteiger partial charge in [-0.05, 0) is 12.1 Å². The van der Waals surface area contributed by atoms with E-state index >= 15 is 0 Å². The smallest absolute Gasteiger partial charge is 0.267 e. The van der Waals surface area contributed by atoms with Crippen molar-refractivity contribution in [1.29, 1.82) is 0 Å². The number of rotatable bonds is 3. The zero-order valence-corrected chi connectivity index (χ0v) is 12.0. The maximum Gasteiger partial charge on any atom is 0.267 e. The van der Waals surface area contributed by atoms with Crippen molar-refractivity contribution < 1.29 is 4.74 Å². The van der Waals surface area contributed by atoms with E-state index in [1.165, 1.54) is 0 Å². The lowest BCUT2D eigenvalue weighted by Crippen LogP contribution is -2.45. The molecule has 0 amide bonds. The van der Waals surface area contributed by atoms with Crippen molar-refractivity contribution in [2.45, 2.75) is 32.5 Å². The number of fused-ring (bicyclic) bond motifs is 1. The van der Waals surface area contributed by atoms with Crippen LogP contribution in [0, 0.1) is 0 Å². The summed E-state index contributed by atoms with van der Waals surface area (Å²) in [5.41, 5.74) is 2.06. The number of aromatic nitrogens is 2. The lowest BCUT2D eigenvalue weighted by Gasteiger charge is -2.32. The fourth-order valence-corrected chi connectivity index (χ4v) is 2.86. The van der Waals surface area contributed by atoms with Gasteiger partial charge in [0.25, 0.3) is 5.56 Å². The average Bonchev–Trinajstić information content (AvgIpc) is 2.48. The molecule has 1 unspecified atom stereocenters. The van der Waals surface area contributed by atoms with Crippen molar-refractivity contribution in [3.63, 3.8) is 0 Å². The first-order valence-corrected chi connectivity index (χ1v) is 7.41. The Morgan fingerprint density at radius 3 is 3.30 bits per heavy atom. The average molecular weight is 278 g/mol. The molecule has 1 fully saturated rings. The summed E-state index contributed by atoms with van der Waals surface area (Å²) in [7, 11) is 0. The number of nitrogens with zero attached hydrogens (tertiary/aromatic N) is 3. The van der Waals surface area contributed by atoms with Crippen LogP contribution < -0.4 is 10.9 Å². The molecule has 0 saturated carbocycles. The second-order valence-electron chi connectivity index (χ2n) is 5.45. The van der Waals surface area contributed by atoms with Crippen LogP contribution in [0.3, 0.4) is 0 Å². The minimum absolute atomic E-state index is 0.0235. The zero-order chi connectivity index (χ0) is 13.9. The summed E-state index contributed by atoms with van der Waals surface area (Å²) in [5.74, 6) is 0. The topological polar surface area (TPSA) is 59.4 Å². The second kappa shape index (κ2) is 6.03. The van der Waals surface area contributed by atoms with Crippen molar-refractivity contribution in [2.24, 2.45) is 0 Å². The molecule has 0 bridgehead atoms. The molecular formula is C14H22N4O2. The number of likely N-dealkylation sites (N-methyl/N-ethyl adjacent to an activating group) is 1. The Labute approximate surface area is 118 Å². The predicted octanol–water partition coefficient (Wildman–Crippen LogP) is -0.390. The zero-order valence-electron chi connectivity index (χ0n) is 12.0. The van der Waals surface area contributed by atoms with Crippen LogP contribution in [0.1, 0.15) is 18.2 Å². The van der Waals surface area contributed by atoms with Gasteiger partial charge in [0.2, 0.25) is 0 Å². The Kier molecular flexibility index (Phi) is 4.14. The summed E-state index contributed by atoms with van der Waals surface area (Å²) >= 11 is 0. The maximum atomic E-state index is 12.1. The molecule has 6 heteroatoms. The van der Waals surface area contributed by atoms with Crippen molar-refractivity contribution >= 4 is 0 Å². The van der Waals surface area contributed by atoms with Gasteiger partial charge in [0, 0.05) is 38.7 Å². The first-order valence-electron chi connectivity index (χ1n) is 7.41. The van der Waals surface area contributed by atoms with Crippen molar-refractivity contribution in [1.82, 2.24) is 20.0 Å². The van der Waals surface area contributed by atoms with Gasteiger partial charge in [-0.25, -0.2) is 4.68 Å². The van der Waals surface area contributed by atoms with E-state index < -0.39 is 0 Å². The largest absolute Gasteiger partial charge is 0.374 e. The van der Waals surface area contributed by atoms with Gasteiger partial charge in [-0.2, -0.15) is 5.10 Å². The Balaban J connectivity index is 1.75. The minimum Gasteiger partial charge on any atom is -0.374 e. The summed E-state index contributed by atoms with van der Waals surface area (Å²) in [5, 5.41) is 7.79. The lowest BCUT2D eigenvalue weighted by atomic mass is 10.1. The van der Waals surface area contributed by atoms with E-state index in [4.69, 9.17) is 4.74 Å². The molecule has 1 atom stereocenters. The molecule has 2 aliphatic rings. The molecule has 6 nitrogen and oxygen atoms in total. The van der Waals surface area contributed by atoms with Crippen molar-refractivity contribution in [3.8, 4) is 0 Å². The minimum atomic E-state index is -0.0235. The highest BCUT2D eigenvalue weighted by molar-refractivity contribution is 5.20. The molecule has 0 radical (unpaired) electrons. The van der Waals surface area contributed by atoms with E-state index in [0.717, 1.165) is 57.0 Å². The van der Waals surface area contributed by atoms with Gasteiger partial charge < -0.3 is 10.1 Å². The Morgan fingerprint density at radius 2 is 2.45 bits per heavy atom. The van der Waals surface area contributed by atoms with E-state index in [9.17, 15) is 4.79 Å². The molecule has 0 spiro atoms. The van der Waals surface area contributed by atoms with E-state index in [1.807, 2.05) is 0 Å². The highest BCUT2D eigenvalue weighted by Gasteiger charge is 2.21. The van der Waals surface area contributed by atoms with Gasteiger partial charge >= 0.3 is 0 Å². The summed E-state index contributed by atoms with van der Waals surface area (Å²) in [6, 6.07) is 1.72. The third-order valence-corrected chi connectivity index (χ3v) is 4.06. The van der Waals surface area contributed by atoms with E-state index in [0.29, 0.717) is 6.54 Å². The van der Waals surface area contributed by atoms with Gasteiger partial charge in [0.05, 0.1) is 24.9 Å². The molecule has 1 N–H and O–H groups in total. The second-order valence-corrected chi connectivity index (χ2v) is 5.45. The van der Waals surface area contributed by atoms with Crippen LogP contribution in [0.25, 0.3) is 0 Å². The molecule has 1 aromatic heterocycles. The first-order chi connectivity index (χ1) is 9.76. The van der Waals surface area contributed by atoms with Crippen LogP contribution in [-0.4, -0.2) is 53.6 Å². The van der Waals surface area contributed by atoms with Gasteiger partial charge in [-0.3, -0.25) is 9.69 Å². The van der Waals surface area contributed by atoms with Gasteiger partial charge in [0.15, 0.2) is 0 Å². The van der Waals surface area contributed by atoms with Crippen LogP contribution in [0.15, 0.2) is 10.9 Å². The molecule has 110 valence electrons. The van der Waals surface area contributed by atoms with Gasteiger partial charge in [-0.15, -0.1) is 0 Å². The Hall–Kier alpha value is -1.24. The summed E-state index contributed by atoms with van der Waals surface area (Å²) < 4.78 is 7.34. The molecule has 2 aliphatic heterocycles. The lowest BCUT2D eigenvalue weighted by molar-refractivity contribution is -0.0365. The summed E-state index contributed by atoms with van der Waals surface area (Å²) in [6.45, 7) is 8.01. The number of nitrogens with one attached hydrogen (secondary N) is 1. The standard InChI is InChI=1S/C14H22N4O2/c1-2-17-5-6-20-12(9-17)10-18-14(19)7-11-8-15-4-3-13(11)16-18/h7,12,15H,2-6,8-10H2,1H3. The van der Waals surface area contributed by atoms with Crippen molar-refractivity contribution in [3.05, 3.63) is 27.7 Å². The van der Waals surface area contributed by atoms with Crippen LogP contribution in [-0.2, 0) is 24.2 Å². The SMILES string of the molecule is CCN1CCOC(Cn2nc3c(cc2=O)CNCC3)C1. The number of hydrogen-bond acceptors (Lipinski definition) is 5. The normalized spacial score (nSPS) is 23.6.